The van der Waals surface area contributed by atoms with E-state index in [-0.39, 0.29) is 6.10 Å². The number of rotatable bonds is 19. The van der Waals surface area contributed by atoms with Gasteiger partial charge in [0.2, 0.25) is 0 Å². The molecule has 0 saturated carbocycles. The van der Waals surface area contributed by atoms with Crippen LogP contribution in [-0.4, -0.2) is 13.2 Å². The van der Waals surface area contributed by atoms with Gasteiger partial charge in [-0.25, -0.2) is 0 Å². The van der Waals surface area contributed by atoms with Crippen LogP contribution < -0.4 is 4.74 Å². The van der Waals surface area contributed by atoms with Crippen molar-refractivity contribution in [3.05, 3.63) is 54.1 Å². The molecule has 2 rings (SSSR count). The quantitative estimate of drug-likeness (QED) is 0.197. The smallest absolute Gasteiger partial charge is 0.119 e. The highest BCUT2D eigenvalue weighted by molar-refractivity contribution is 5.64. The van der Waals surface area contributed by atoms with Gasteiger partial charge in [-0.15, -0.1) is 0 Å². The van der Waals surface area contributed by atoms with Crippen LogP contribution >= 0.6 is 0 Å². The maximum absolute atomic E-state index is 6.04. The molecule has 0 bridgehead atoms. The Labute approximate surface area is 204 Å². The Balaban J connectivity index is 1.66. The molecule has 0 aliphatic rings. The second kappa shape index (κ2) is 17.6. The lowest BCUT2D eigenvalue weighted by Gasteiger charge is -2.14. The van der Waals surface area contributed by atoms with Gasteiger partial charge in [0.25, 0.3) is 0 Å². The summed E-state index contributed by atoms with van der Waals surface area (Å²) in [5.74, 6) is 0.972. The third-order valence-corrected chi connectivity index (χ3v) is 6.45. The van der Waals surface area contributed by atoms with Crippen LogP contribution in [0.3, 0.4) is 0 Å². The highest BCUT2D eigenvalue weighted by atomic mass is 16.5. The molecule has 0 aromatic heterocycles. The third-order valence-electron chi connectivity index (χ3n) is 6.45. The van der Waals surface area contributed by atoms with E-state index in [1.165, 1.54) is 87.3 Å². The normalized spacial score (nSPS) is 12.1. The average molecular weight is 453 g/mol. The van der Waals surface area contributed by atoms with E-state index < -0.39 is 0 Å². The van der Waals surface area contributed by atoms with Crippen molar-refractivity contribution in [2.45, 2.75) is 110 Å². The van der Waals surface area contributed by atoms with Gasteiger partial charge in [0.1, 0.15) is 5.75 Å². The van der Waals surface area contributed by atoms with Crippen LogP contribution in [0.15, 0.2) is 48.5 Å². The first kappa shape index (κ1) is 27.4. The summed E-state index contributed by atoms with van der Waals surface area (Å²) in [7, 11) is 0. The minimum Gasteiger partial charge on any atom is -0.494 e. The van der Waals surface area contributed by atoms with Gasteiger partial charge in [-0.3, -0.25) is 0 Å². The molecule has 2 nitrogen and oxygen atoms in total. The van der Waals surface area contributed by atoms with Gasteiger partial charge in [0, 0.05) is 6.61 Å². The SMILES string of the molecule is CCCCCCCCCCOc1ccc(-c2ccc(C(C)OCCCCCCC)cc2)cc1. The zero-order chi connectivity index (χ0) is 23.6. The summed E-state index contributed by atoms with van der Waals surface area (Å²) < 4.78 is 12.0. The van der Waals surface area contributed by atoms with E-state index in [1.807, 2.05) is 0 Å². The second-order valence-corrected chi connectivity index (χ2v) is 9.40. The lowest BCUT2D eigenvalue weighted by Crippen LogP contribution is -2.01. The highest BCUT2D eigenvalue weighted by Crippen LogP contribution is 2.25. The first-order valence-corrected chi connectivity index (χ1v) is 13.7. The molecule has 0 radical (unpaired) electrons. The predicted molar refractivity (Wildman–Crippen MR) is 143 cm³/mol. The molecule has 0 saturated heterocycles. The molecule has 2 heteroatoms. The van der Waals surface area contributed by atoms with Crippen LogP contribution in [0, 0.1) is 0 Å². The van der Waals surface area contributed by atoms with Crippen molar-refractivity contribution in [2.75, 3.05) is 13.2 Å². The van der Waals surface area contributed by atoms with Gasteiger partial charge >= 0.3 is 0 Å². The molecule has 1 atom stereocenters. The Kier molecular flexibility index (Phi) is 14.7. The van der Waals surface area contributed by atoms with Gasteiger partial charge in [-0.05, 0) is 48.6 Å². The third kappa shape index (κ3) is 11.8. The Morgan fingerprint density at radius 2 is 1.00 bits per heavy atom. The summed E-state index contributed by atoms with van der Waals surface area (Å²) in [5.41, 5.74) is 3.71. The first-order valence-electron chi connectivity index (χ1n) is 13.7. The van der Waals surface area contributed by atoms with E-state index in [0.717, 1.165) is 31.8 Å². The van der Waals surface area contributed by atoms with Crippen LogP contribution in [0.25, 0.3) is 11.1 Å². The van der Waals surface area contributed by atoms with Crippen LogP contribution in [-0.2, 0) is 4.74 Å². The van der Waals surface area contributed by atoms with Crippen LogP contribution in [0.1, 0.15) is 116 Å². The summed E-state index contributed by atoms with van der Waals surface area (Å²) in [6, 6.07) is 17.3. The standard InChI is InChI=1S/C31H48O2/c1-4-6-8-10-11-12-14-16-26-33-31-23-21-30(22-24-31)29-19-17-28(18-20-29)27(3)32-25-15-13-9-7-5-2/h17-24,27H,4-16,25-26H2,1-3H3. The molecule has 2 aromatic rings. The van der Waals surface area contributed by atoms with Gasteiger partial charge in [0.05, 0.1) is 12.7 Å². The van der Waals surface area contributed by atoms with Crippen molar-refractivity contribution >= 4 is 0 Å². The zero-order valence-electron chi connectivity index (χ0n) is 21.6. The Hall–Kier alpha value is -1.80. The van der Waals surface area contributed by atoms with Crippen LogP contribution in [0.4, 0.5) is 0 Å². The summed E-state index contributed by atoms with van der Waals surface area (Å²) in [6.45, 7) is 8.35. The van der Waals surface area contributed by atoms with Crippen molar-refractivity contribution < 1.29 is 9.47 Å². The fraction of sp³-hybridized carbons (Fsp3) is 0.613. The maximum Gasteiger partial charge on any atom is 0.119 e. The van der Waals surface area contributed by atoms with E-state index in [0.29, 0.717) is 0 Å². The van der Waals surface area contributed by atoms with E-state index in [9.17, 15) is 0 Å². The zero-order valence-corrected chi connectivity index (χ0v) is 21.6. The lowest BCUT2D eigenvalue weighted by atomic mass is 10.0. The molecule has 0 amide bonds. The van der Waals surface area contributed by atoms with E-state index >= 15 is 0 Å². The summed E-state index contributed by atoms with van der Waals surface area (Å²) in [4.78, 5) is 0. The van der Waals surface area contributed by atoms with Crippen molar-refractivity contribution in [3.8, 4) is 16.9 Å². The van der Waals surface area contributed by atoms with Crippen LogP contribution in [0.5, 0.6) is 5.75 Å². The molecule has 0 N–H and O–H groups in total. The second-order valence-electron chi connectivity index (χ2n) is 9.40. The number of unbranched alkanes of at least 4 members (excludes halogenated alkanes) is 11. The maximum atomic E-state index is 6.04. The molecule has 0 heterocycles. The fourth-order valence-electron chi connectivity index (χ4n) is 4.18. The number of benzene rings is 2. The Bertz CT molecular complexity index is 705. The number of hydrogen-bond acceptors (Lipinski definition) is 2. The largest absolute Gasteiger partial charge is 0.494 e. The van der Waals surface area contributed by atoms with Crippen molar-refractivity contribution in [3.63, 3.8) is 0 Å². The monoisotopic (exact) mass is 452 g/mol. The van der Waals surface area contributed by atoms with E-state index in [4.69, 9.17) is 9.47 Å². The van der Waals surface area contributed by atoms with Gasteiger partial charge < -0.3 is 9.47 Å². The molecule has 0 aliphatic heterocycles. The van der Waals surface area contributed by atoms with Gasteiger partial charge in [0.15, 0.2) is 0 Å². The molecule has 1 unspecified atom stereocenters. The molecular weight excluding hydrogens is 404 g/mol. The van der Waals surface area contributed by atoms with Gasteiger partial charge in [-0.2, -0.15) is 0 Å². The minimum absolute atomic E-state index is 0.150. The average Bonchev–Trinajstić information content (AvgIpc) is 2.85. The molecule has 184 valence electrons. The van der Waals surface area contributed by atoms with Gasteiger partial charge in [-0.1, -0.05) is 121 Å². The molecule has 0 fully saturated rings. The first-order chi connectivity index (χ1) is 16.2. The molecule has 0 aliphatic carbocycles. The minimum atomic E-state index is 0.150. The molecular formula is C31H48O2. The molecule has 33 heavy (non-hydrogen) atoms. The van der Waals surface area contributed by atoms with Crippen molar-refractivity contribution in [2.24, 2.45) is 0 Å². The van der Waals surface area contributed by atoms with Crippen molar-refractivity contribution in [1.29, 1.82) is 0 Å². The summed E-state index contributed by atoms with van der Waals surface area (Å²) in [6.07, 6.45) is 17.2. The summed E-state index contributed by atoms with van der Waals surface area (Å²) >= 11 is 0. The molecule has 0 spiro atoms. The van der Waals surface area contributed by atoms with Crippen molar-refractivity contribution in [1.82, 2.24) is 0 Å². The predicted octanol–water partition coefficient (Wildman–Crippen LogP) is 9.92. The highest BCUT2D eigenvalue weighted by Gasteiger charge is 2.06. The Morgan fingerprint density at radius 1 is 0.545 bits per heavy atom. The fourth-order valence-corrected chi connectivity index (χ4v) is 4.18. The van der Waals surface area contributed by atoms with Crippen LogP contribution in [0.2, 0.25) is 0 Å². The lowest BCUT2D eigenvalue weighted by molar-refractivity contribution is 0.0627. The number of ether oxygens (including phenoxy) is 2. The summed E-state index contributed by atoms with van der Waals surface area (Å²) in [5, 5.41) is 0. The molecule has 2 aromatic carbocycles. The van der Waals surface area contributed by atoms with E-state index in [1.54, 1.807) is 0 Å². The number of hydrogen-bond donors (Lipinski definition) is 0. The Morgan fingerprint density at radius 3 is 1.55 bits per heavy atom. The van der Waals surface area contributed by atoms with E-state index in [2.05, 4.69) is 69.3 Å². The topological polar surface area (TPSA) is 18.5 Å².